The van der Waals surface area contributed by atoms with E-state index < -0.39 is 16.0 Å². The van der Waals surface area contributed by atoms with Gasteiger partial charge in [0, 0.05) is 24.5 Å². The standard InChI is InChI=1S/C25H26N2O6S2/c1-27(2)35(31,32)19-13-7-16(8-14-19)15-33-18-11-9-17(10-12-18)23(28)26-24-22(25(29)30)20-5-3-4-6-21(20)34-24/h7-14H,3-6,15H2,1-2H3,(H,26,28)(H,29,30). The lowest BCUT2D eigenvalue weighted by molar-refractivity contribution is 0.0697. The molecule has 0 spiro atoms. The summed E-state index contributed by atoms with van der Waals surface area (Å²) in [5, 5.41) is 12.8. The van der Waals surface area contributed by atoms with Gasteiger partial charge in [-0.1, -0.05) is 12.1 Å². The van der Waals surface area contributed by atoms with Crippen molar-refractivity contribution in [3.8, 4) is 5.75 Å². The molecule has 0 saturated carbocycles. The topological polar surface area (TPSA) is 113 Å². The highest BCUT2D eigenvalue weighted by Crippen LogP contribution is 2.38. The summed E-state index contributed by atoms with van der Waals surface area (Å²) in [6.45, 7) is 0.233. The van der Waals surface area contributed by atoms with Crippen LogP contribution in [0.1, 0.15) is 49.6 Å². The third-order valence-corrected chi connectivity index (χ3v) is 8.87. The normalized spacial score (nSPS) is 13.3. The molecule has 3 aromatic rings. The third kappa shape index (κ3) is 5.39. The number of ether oxygens (including phenoxy) is 1. The molecule has 0 radical (unpaired) electrons. The largest absolute Gasteiger partial charge is 0.489 e. The Hall–Kier alpha value is -3.21. The van der Waals surface area contributed by atoms with Crippen molar-refractivity contribution in [2.24, 2.45) is 0 Å². The highest BCUT2D eigenvalue weighted by atomic mass is 32.2. The summed E-state index contributed by atoms with van der Waals surface area (Å²) in [5.41, 5.74) is 2.24. The van der Waals surface area contributed by atoms with Crippen LogP contribution >= 0.6 is 11.3 Å². The summed E-state index contributed by atoms with van der Waals surface area (Å²) in [5.74, 6) is -0.851. The van der Waals surface area contributed by atoms with Crippen LogP contribution in [-0.2, 0) is 29.5 Å². The number of carboxylic acids is 1. The summed E-state index contributed by atoms with van der Waals surface area (Å²) < 4.78 is 31.2. The van der Waals surface area contributed by atoms with Gasteiger partial charge in [-0.25, -0.2) is 17.5 Å². The van der Waals surface area contributed by atoms with Crippen molar-refractivity contribution in [1.29, 1.82) is 0 Å². The number of sulfonamides is 1. The Balaban J connectivity index is 1.39. The van der Waals surface area contributed by atoms with Gasteiger partial charge in [0.05, 0.1) is 10.5 Å². The molecular formula is C25H26N2O6S2. The fraction of sp³-hybridized carbons (Fsp3) is 0.280. The number of aryl methyl sites for hydroxylation is 1. The summed E-state index contributed by atoms with van der Waals surface area (Å²) >= 11 is 1.35. The second kappa shape index (κ2) is 10.2. The predicted octanol–water partition coefficient (Wildman–Crippen LogP) is 4.41. The molecule has 8 nitrogen and oxygen atoms in total. The molecule has 10 heteroatoms. The summed E-state index contributed by atoms with van der Waals surface area (Å²) in [6, 6.07) is 13.0. The van der Waals surface area contributed by atoms with Crippen molar-refractivity contribution in [2.45, 2.75) is 37.2 Å². The van der Waals surface area contributed by atoms with Crippen LogP contribution in [0.4, 0.5) is 5.00 Å². The number of benzene rings is 2. The Kier molecular flexibility index (Phi) is 7.25. The number of hydrogen-bond acceptors (Lipinski definition) is 6. The molecule has 4 rings (SSSR count). The first-order valence-corrected chi connectivity index (χ1v) is 13.4. The Labute approximate surface area is 208 Å². The summed E-state index contributed by atoms with van der Waals surface area (Å²) in [6.07, 6.45) is 3.55. The van der Waals surface area contributed by atoms with Crippen molar-refractivity contribution < 1.29 is 27.9 Å². The van der Waals surface area contributed by atoms with Gasteiger partial charge in [-0.3, -0.25) is 4.79 Å². The molecule has 0 atom stereocenters. The molecule has 1 aliphatic rings. The van der Waals surface area contributed by atoms with Crippen LogP contribution in [0.5, 0.6) is 5.75 Å². The number of rotatable bonds is 8. The van der Waals surface area contributed by atoms with Crippen LogP contribution in [0.15, 0.2) is 53.4 Å². The number of fused-ring (bicyclic) bond motifs is 1. The van der Waals surface area contributed by atoms with Gasteiger partial charge in [0.2, 0.25) is 10.0 Å². The zero-order valence-electron chi connectivity index (χ0n) is 19.4. The third-order valence-electron chi connectivity index (χ3n) is 5.84. The summed E-state index contributed by atoms with van der Waals surface area (Å²) in [7, 11) is -0.520. The first-order chi connectivity index (χ1) is 16.7. The second-order valence-electron chi connectivity index (χ2n) is 8.42. The lowest BCUT2D eigenvalue weighted by atomic mass is 9.95. The quantitative estimate of drug-likeness (QED) is 0.461. The van der Waals surface area contributed by atoms with E-state index in [1.807, 2.05) is 0 Å². The van der Waals surface area contributed by atoms with E-state index in [9.17, 15) is 23.1 Å². The lowest BCUT2D eigenvalue weighted by Gasteiger charge is -2.12. The van der Waals surface area contributed by atoms with Crippen molar-refractivity contribution in [3.63, 3.8) is 0 Å². The number of nitrogens with zero attached hydrogens (tertiary/aromatic N) is 1. The average Bonchev–Trinajstić information content (AvgIpc) is 3.21. The Bertz CT molecular complexity index is 1340. The van der Waals surface area contributed by atoms with Crippen LogP contribution in [-0.4, -0.2) is 43.8 Å². The van der Waals surface area contributed by atoms with E-state index in [2.05, 4.69) is 5.32 Å². The van der Waals surface area contributed by atoms with Crippen molar-refractivity contribution in [1.82, 2.24) is 4.31 Å². The molecular weight excluding hydrogens is 488 g/mol. The van der Waals surface area contributed by atoms with Gasteiger partial charge in [0.15, 0.2) is 0 Å². The number of nitrogens with one attached hydrogen (secondary N) is 1. The zero-order valence-corrected chi connectivity index (χ0v) is 21.0. The van der Waals surface area contributed by atoms with Crippen LogP contribution in [0, 0.1) is 0 Å². The van der Waals surface area contributed by atoms with E-state index in [1.54, 1.807) is 36.4 Å². The number of hydrogen-bond donors (Lipinski definition) is 2. The SMILES string of the molecule is CN(C)S(=O)(=O)c1ccc(COc2ccc(C(=O)Nc3sc4c(c3C(=O)O)CCCC4)cc2)cc1. The van der Waals surface area contributed by atoms with Crippen molar-refractivity contribution in [3.05, 3.63) is 75.7 Å². The molecule has 0 saturated heterocycles. The molecule has 2 aromatic carbocycles. The fourth-order valence-corrected chi connectivity index (χ4v) is 6.07. The van der Waals surface area contributed by atoms with Crippen LogP contribution in [0.25, 0.3) is 0 Å². The number of amides is 1. The fourth-order valence-electron chi connectivity index (χ4n) is 3.89. The molecule has 1 aromatic heterocycles. The maximum absolute atomic E-state index is 12.8. The second-order valence-corrected chi connectivity index (χ2v) is 11.7. The minimum Gasteiger partial charge on any atom is -0.489 e. The predicted molar refractivity (Wildman–Crippen MR) is 134 cm³/mol. The number of aromatic carboxylic acids is 1. The Morgan fingerprint density at radius 1 is 1.03 bits per heavy atom. The maximum atomic E-state index is 12.8. The van der Waals surface area contributed by atoms with Gasteiger partial charge in [-0.05, 0) is 73.2 Å². The number of thiophene rings is 1. The van der Waals surface area contributed by atoms with E-state index in [-0.39, 0.29) is 23.0 Å². The molecule has 1 amide bonds. The molecule has 0 unspecified atom stereocenters. The smallest absolute Gasteiger partial charge is 0.339 e. The first kappa shape index (κ1) is 24.9. The van der Waals surface area contributed by atoms with E-state index in [1.165, 1.54) is 37.6 Å². The van der Waals surface area contributed by atoms with E-state index in [4.69, 9.17) is 4.74 Å². The van der Waals surface area contributed by atoms with E-state index in [0.29, 0.717) is 16.3 Å². The van der Waals surface area contributed by atoms with Gasteiger partial charge >= 0.3 is 5.97 Å². The van der Waals surface area contributed by atoms with Crippen LogP contribution in [0.2, 0.25) is 0 Å². The molecule has 0 bridgehead atoms. The Morgan fingerprint density at radius 2 is 1.69 bits per heavy atom. The molecule has 2 N–H and O–H groups in total. The Morgan fingerprint density at radius 3 is 2.31 bits per heavy atom. The van der Waals surface area contributed by atoms with E-state index >= 15 is 0 Å². The highest BCUT2D eigenvalue weighted by Gasteiger charge is 2.26. The highest BCUT2D eigenvalue weighted by molar-refractivity contribution is 7.89. The first-order valence-electron chi connectivity index (χ1n) is 11.1. The summed E-state index contributed by atoms with van der Waals surface area (Å²) in [4.78, 5) is 25.8. The molecule has 184 valence electrons. The van der Waals surface area contributed by atoms with Gasteiger partial charge in [0.1, 0.15) is 17.4 Å². The van der Waals surface area contributed by atoms with Crippen molar-refractivity contribution in [2.75, 3.05) is 19.4 Å². The lowest BCUT2D eigenvalue weighted by Crippen LogP contribution is -2.22. The van der Waals surface area contributed by atoms with Gasteiger partial charge < -0.3 is 15.2 Å². The maximum Gasteiger partial charge on any atom is 0.339 e. The van der Waals surface area contributed by atoms with Gasteiger partial charge in [-0.2, -0.15) is 0 Å². The molecule has 35 heavy (non-hydrogen) atoms. The minimum atomic E-state index is -3.48. The minimum absolute atomic E-state index is 0.208. The van der Waals surface area contributed by atoms with Gasteiger partial charge in [-0.15, -0.1) is 11.3 Å². The number of carboxylic acid groups (broad SMARTS) is 1. The van der Waals surface area contributed by atoms with Crippen LogP contribution in [0.3, 0.4) is 0 Å². The zero-order chi connectivity index (χ0) is 25.2. The van der Waals surface area contributed by atoms with Crippen LogP contribution < -0.4 is 10.1 Å². The number of anilines is 1. The van der Waals surface area contributed by atoms with Gasteiger partial charge in [0.25, 0.3) is 5.91 Å². The molecule has 1 heterocycles. The molecule has 0 aliphatic heterocycles. The monoisotopic (exact) mass is 514 g/mol. The molecule has 1 aliphatic carbocycles. The molecule has 0 fully saturated rings. The van der Waals surface area contributed by atoms with E-state index in [0.717, 1.165) is 46.0 Å². The average molecular weight is 515 g/mol. The van der Waals surface area contributed by atoms with Crippen molar-refractivity contribution >= 4 is 38.2 Å². The number of carbonyl (C=O) groups is 2. The number of carbonyl (C=O) groups excluding carboxylic acids is 1.